The summed E-state index contributed by atoms with van der Waals surface area (Å²) < 4.78 is 16.2. The van der Waals surface area contributed by atoms with Gasteiger partial charge in [0.25, 0.3) is 0 Å². The van der Waals surface area contributed by atoms with Crippen molar-refractivity contribution in [3.05, 3.63) is 16.9 Å². The molecule has 144 valence electrons. The van der Waals surface area contributed by atoms with Crippen LogP contribution in [0.3, 0.4) is 0 Å². The van der Waals surface area contributed by atoms with E-state index >= 15 is 0 Å². The molecule has 0 radical (unpaired) electrons. The number of hydrogen-bond acceptors (Lipinski definition) is 7. The Morgan fingerprint density at radius 3 is 2.65 bits per heavy atom. The molecule has 0 aromatic heterocycles. The van der Waals surface area contributed by atoms with Crippen LogP contribution in [0.25, 0.3) is 0 Å². The van der Waals surface area contributed by atoms with E-state index in [1.807, 2.05) is 0 Å². The highest BCUT2D eigenvalue weighted by atomic mass is 16.7. The van der Waals surface area contributed by atoms with Gasteiger partial charge in [-0.2, -0.15) is 0 Å². The van der Waals surface area contributed by atoms with Crippen LogP contribution in [0.1, 0.15) is 33.6 Å². The van der Waals surface area contributed by atoms with Crippen LogP contribution in [0, 0.1) is 11.1 Å². The average Bonchev–Trinajstić information content (AvgIpc) is 2.94. The molecule has 4 heterocycles. The van der Waals surface area contributed by atoms with Gasteiger partial charge < -0.3 is 29.2 Å². The van der Waals surface area contributed by atoms with E-state index < -0.39 is 45.9 Å². The van der Waals surface area contributed by atoms with Gasteiger partial charge in [0.05, 0.1) is 19.2 Å². The van der Waals surface area contributed by atoms with E-state index in [4.69, 9.17) is 14.2 Å². The standard InChI is InChI=1S/C18H25NO7/c1-10-8-18(11(2)26-18)16(21)25-13-5-7-19(23)6-4-12(14(13)19)9-24-15(20)17(10,3)22/h4,10-11,13-14,22H,5-9H2,1-3H3/t10-,11+,13-,14-,17-,18+,19?/m1/s1. The van der Waals surface area contributed by atoms with E-state index in [-0.39, 0.29) is 25.7 Å². The summed E-state index contributed by atoms with van der Waals surface area (Å²) >= 11 is 0. The average molecular weight is 367 g/mol. The molecule has 0 amide bonds. The summed E-state index contributed by atoms with van der Waals surface area (Å²) in [7, 11) is 0. The van der Waals surface area contributed by atoms with Crippen molar-refractivity contribution in [2.45, 2.75) is 63.1 Å². The van der Waals surface area contributed by atoms with E-state index in [0.29, 0.717) is 18.5 Å². The second-order valence-electron chi connectivity index (χ2n) is 8.29. The minimum Gasteiger partial charge on any atom is -0.632 e. The highest BCUT2D eigenvalue weighted by molar-refractivity contribution is 5.84. The summed E-state index contributed by atoms with van der Waals surface area (Å²) in [6.45, 7) is 5.39. The Morgan fingerprint density at radius 2 is 2.00 bits per heavy atom. The van der Waals surface area contributed by atoms with Crippen LogP contribution in [0.2, 0.25) is 0 Å². The number of rotatable bonds is 0. The minimum atomic E-state index is -1.77. The van der Waals surface area contributed by atoms with Crippen molar-refractivity contribution in [2.24, 2.45) is 5.92 Å². The highest BCUT2D eigenvalue weighted by Gasteiger charge is 2.64. The van der Waals surface area contributed by atoms with Crippen LogP contribution in [0.5, 0.6) is 0 Å². The number of ether oxygens (including phenoxy) is 3. The number of esters is 2. The summed E-state index contributed by atoms with van der Waals surface area (Å²) in [5.74, 6) is -1.83. The number of cyclic esters (lactones) is 1. The summed E-state index contributed by atoms with van der Waals surface area (Å²) in [4.78, 5) is 25.3. The summed E-state index contributed by atoms with van der Waals surface area (Å²) in [5, 5.41) is 23.6. The van der Waals surface area contributed by atoms with Crippen LogP contribution in [-0.4, -0.2) is 70.8 Å². The van der Waals surface area contributed by atoms with E-state index in [1.165, 1.54) is 6.92 Å². The molecule has 7 atom stereocenters. The predicted molar refractivity (Wildman–Crippen MR) is 88.4 cm³/mol. The molecule has 4 rings (SSSR count). The zero-order chi connectivity index (χ0) is 18.9. The third-order valence-corrected chi connectivity index (χ3v) is 6.64. The predicted octanol–water partition coefficient (Wildman–Crippen LogP) is 0.417. The van der Waals surface area contributed by atoms with Gasteiger partial charge >= 0.3 is 11.9 Å². The molecule has 1 N–H and O–H groups in total. The van der Waals surface area contributed by atoms with Crippen molar-refractivity contribution in [1.82, 2.24) is 0 Å². The molecule has 8 nitrogen and oxygen atoms in total. The number of nitrogens with zero attached hydrogens (tertiary/aromatic N) is 1. The maximum atomic E-state index is 13.0. The second kappa shape index (κ2) is 5.51. The smallest absolute Gasteiger partial charge is 0.341 e. The van der Waals surface area contributed by atoms with Gasteiger partial charge in [0.15, 0.2) is 23.3 Å². The molecule has 0 aromatic carbocycles. The second-order valence-corrected chi connectivity index (χ2v) is 8.29. The largest absolute Gasteiger partial charge is 0.632 e. The summed E-state index contributed by atoms with van der Waals surface area (Å²) in [5.41, 5.74) is -2.28. The number of hydrogen-bond donors (Lipinski definition) is 1. The van der Waals surface area contributed by atoms with Crippen molar-refractivity contribution >= 4 is 11.9 Å². The number of hydroxylamine groups is 3. The molecular weight excluding hydrogens is 342 g/mol. The maximum Gasteiger partial charge on any atom is 0.341 e. The molecule has 3 fully saturated rings. The minimum absolute atomic E-state index is 0.0687. The molecule has 1 spiro atoms. The van der Waals surface area contributed by atoms with Gasteiger partial charge in [-0.25, -0.2) is 9.59 Å². The molecule has 4 aliphatic rings. The Kier molecular flexibility index (Phi) is 3.80. The third-order valence-electron chi connectivity index (χ3n) is 6.64. The molecule has 0 bridgehead atoms. The Hall–Kier alpha value is -1.48. The van der Waals surface area contributed by atoms with Crippen LogP contribution in [0.15, 0.2) is 11.6 Å². The SMILES string of the molecule is C[C@@H]1C[C@@]2(O[C@H]2C)C(=O)O[C@@H]2CC[N+]3([O-])CC=C(COC(=O)[C@]1(C)O)[C@H]23. The Balaban J connectivity index is 1.68. The molecule has 3 saturated heterocycles. The summed E-state index contributed by atoms with van der Waals surface area (Å²) in [6, 6.07) is -0.556. The topological polar surface area (TPSA) is 108 Å². The fourth-order valence-electron chi connectivity index (χ4n) is 4.53. The molecule has 4 aliphatic heterocycles. The monoisotopic (exact) mass is 367 g/mol. The number of quaternary nitrogens is 1. The van der Waals surface area contributed by atoms with Gasteiger partial charge in [-0.3, -0.25) is 0 Å². The molecule has 0 aliphatic carbocycles. The number of epoxide rings is 1. The lowest BCUT2D eigenvalue weighted by Gasteiger charge is -2.41. The van der Waals surface area contributed by atoms with Crippen molar-refractivity contribution in [3.8, 4) is 0 Å². The van der Waals surface area contributed by atoms with Gasteiger partial charge in [-0.15, -0.1) is 0 Å². The molecule has 0 aromatic rings. The number of carbonyl (C=O) groups excluding carboxylic acids is 2. The Bertz CT molecular complexity index is 689. The quantitative estimate of drug-likeness (QED) is 0.217. The van der Waals surface area contributed by atoms with Crippen LogP contribution < -0.4 is 0 Å². The van der Waals surface area contributed by atoms with Crippen molar-refractivity contribution < 1.29 is 33.6 Å². The fraction of sp³-hybridized carbons (Fsp3) is 0.778. The van der Waals surface area contributed by atoms with Gasteiger partial charge in [-0.1, -0.05) is 6.92 Å². The van der Waals surface area contributed by atoms with Crippen molar-refractivity contribution in [2.75, 3.05) is 19.7 Å². The summed E-state index contributed by atoms with van der Waals surface area (Å²) in [6.07, 6.45) is 1.48. The highest BCUT2D eigenvalue weighted by Crippen LogP contribution is 2.47. The first kappa shape index (κ1) is 17.9. The van der Waals surface area contributed by atoms with Gasteiger partial charge in [0, 0.05) is 12.0 Å². The number of aliphatic hydroxyl groups is 1. The van der Waals surface area contributed by atoms with Gasteiger partial charge in [-0.05, 0) is 32.3 Å². The fourth-order valence-corrected chi connectivity index (χ4v) is 4.53. The third kappa shape index (κ3) is 2.43. The normalized spacial score (nSPS) is 51.0. The lowest BCUT2D eigenvalue weighted by molar-refractivity contribution is -0.877. The molecule has 1 unspecified atom stereocenters. The van der Waals surface area contributed by atoms with Crippen molar-refractivity contribution in [1.29, 1.82) is 0 Å². The first-order valence-corrected chi connectivity index (χ1v) is 9.15. The molecule has 26 heavy (non-hydrogen) atoms. The lowest BCUT2D eigenvalue weighted by Crippen LogP contribution is -2.51. The van der Waals surface area contributed by atoms with Crippen LogP contribution in [0.4, 0.5) is 0 Å². The number of carbonyl (C=O) groups is 2. The van der Waals surface area contributed by atoms with E-state index in [0.717, 1.165) is 0 Å². The lowest BCUT2D eigenvalue weighted by atomic mass is 9.82. The van der Waals surface area contributed by atoms with E-state index in [2.05, 4.69) is 0 Å². The first-order valence-electron chi connectivity index (χ1n) is 9.15. The van der Waals surface area contributed by atoms with Gasteiger partial charge in [0.1, 0.15) is 6.61 Å². The van der Waals surface area contributed by atoms with Crippen LogP contribution in [-0.2, 0) is 23.8 Å². The Morgan fingerprint density at radius 1 is 1.31 bits per heavy atom. The molecule has 0 saturated carbocycles. The zero-order valence-electron chi connectivity index (χ0n) is 15.3. The Labute approximate surface area is 151 Å². The van der Waals surface area contributed by atoms with Crippen LogP contribution >= 0.6 is 0 Å². The van der Waals surface area contributed by atoms with E-state index in [1.54, 1.807) is 19.9 Å². The maximum absolute atomic E-state index is 13.0. The zero-order valence-corrected chi connectivity index (χ0v) is 15.3. The molecule has 8 heteroatoms. The van der Waals surface area contributed by atoms with Crippen molar-refractivity contribution in [3.63, 3.8) is 0 Å². The van der Waals surface area contributed by atoms with E-state index in [9.17, 15) is 19.9 Å². The van der Waals surface area contributed by atoms with Gasteiger partial charge in [0.2, 0.25) is 0 Å². The first-order chi connectivity index (χ1) is 12.1. The molecular formula is C18H25NO7.